The second-order valence-electron chi connectivity index (χ2n) is 11.4. The molecule has 1 fully saturated rings. The third-order valence-corrected chi connectivity index (χ3v) is 6.87. The minimum Gasteiger partial charge on any atom is -0.366 e. The molecule has 2 aromatic heterocycles. The summed E-state index contributed by atoms with van der Waals surface area (Å²) in [5, 5.41) is 6.32. The van der Waals surface area contributed by atoms with E-state index in [4.69, 9.17) is 4.52 Å². The van der Waals surface area contributed by atoms with E-state index < -0.39 is 17.7 Å². The van der Waals surface area contributed by atoms with E-state index in [0.29, 0.717) is 44.2 Å². The number of rotatable bonds is 9. The Morgan fingerprint density at radius 1 is 1.14 bits per heavy atom. The average Bonchev–Trinajstić information content (AvgIpc) is 3.47. The van der Waals surface area contributed by atoms with Crippen LogP contribution in [0.2, 0.25) is 0 Å². The van der Waals surface area contributed by atoms with Crippen LogP contribution in [0.4, 0.5) is 14.5 Å². The van der Waals surface area contributed by atoms with Gasteiger partial charge in [-0.2, -0.15) is 4.98 Å². The van der Waals surface area contributed by atoms with Gasteiger partial charge in [0.05, 0.1) is 11.9 Å². The summed E-state index contributed by atoms with van der Waals surface area (Å²) in [7, 11) is 3.88. The highest BCUT2D eigenvalue weighted by atomic mass is 19.3. The lowest BCUT2D eigenvalue weighted by molar-refractivity contribution is -0.126. The molecule has 4 rings (SSSR count). The third kappa shape index (κ3) is 7.55. The molecule has 1 aromatic carbocycles. The average molecular weight is 582 g/mol. The summed E-state index contributed by atoms with van der Waals surface area (Å²) < 4.78 is 33.5. The zero-order chi connectivity index (χ0) is 30.4. The van der Waals surface area contributed by atoms with Gasteiger partial charge in [-0.25, -0.2) is 8.78 Å². The van der Waals surface area contributed by atoms with Gasteiger partial charge in [0.2, 0.25) is 11.8 Å². The maximum Gasteiger partial charge on any atom is 0.292 e. The molecule has 0 radical (unpaired) electrons. The minimum absolute atomic E-state index is 0.0267. The smallest absolute Gasteiger partial charge is 0.292 e. The van der Waals surface area contributed by atoms with Gasteiger partial charge in [-0.05, 0) is 37.4 Å². The summed E-state index contributed by atoms with van der Waals surface area (Å²) in [4.78, 5) is 39.4. The number of nitrogens with one attached hydrogen (secondary N) is 1. The largest absolute Gasteiger partial charge is 0.366 e. The molecule has 0 atom stereocenters. The van der Waals surface area contributed by atoms with E-state index in [1.807, 2.05) is 45.8 Å². The molecule has 1 aliphatic rings. The number of likely N-dealkylation sites (N-methyl/N-ethyl adjacent to an activating group) is 1. The molecular weight excluding hydrogens is 544 g/mol. The number of piperazine rings is 1. The zero-order valence-corrected chi connectivity index (χ0v) is 24.6. The molecule has 12 heteroatoms. The molecule has 2 amide bonds. The molecule has 10 nitrogen and oxygen atoms in total. The predicted molar refractivity (Wildman–Crippen MR) is 155 cm³/mol. The highest BCUT2D eigenvalue weighted by Crippen LogP contribution is 2.34. The number of carbonyl (C=O) groups is 2. The number of halogens is 2. The number of benzene rings is 1. The Morgan fingerprint density at radius 2 is 1.88 bits per heavy atom. The third-order valence-electron chi connectivity index (χ3n) is 6.87. The van der Waals surface area contributed by atoms with Crippen molar-refractivity contribution < 1.29 is 22.9 Å². The summed E-state index contributed by atoms with van der Waals surface area (Å²) in [6.07, 6.45) is 4.04. The number of hydrogen-bond donors (Lipinski definition) is 1. The first-order valence-corrected chi connectivity index (χ1v) is 13.8. The second-order valence-corrected chi connectivity index (χ2v) is 11.4. The molecule has 3 aromatic rings. The van der Waals surface area contributed by atoms with Gasteiger partial charge >= 0.3 is 0 Å². The summed E-state index contributed by atoms with van der Waals surface area (Å²) in [6.45, 7) is 8.44. The zero-order valence-electron chi connectivity index (χ0n) is 24.6. The topological polar surface area (TPSA) is 108 Å². The highest BCUT2D eigenvalue weighted by molar-refractivity contribution is 5.90. The Kier molecular flexibility index (Phi) is 9.66. The van der Waals surface area contributed by atoms with Crippen LogP contribution >= 0.6 is 0 Å². The molecule has 0 saturated carbocycles. The van der Waals surface area contributed by atoms with Crippen molar-refractivity contribution in [2.24, 2.45) is 0 Å². The normalized spacial score (nSPS) is 14.3. The lowest BCUT2D eigenvalue weighted by Gasteiger charge is -2.36. The molecule has 0 unspecified atom stereocenters. The summed E-state index contributed by atoms with van der Waals surface area (Å²) >= 11 is 0. The van der Waals surface area contributed by atoms with Crippen LogP contribution in [0.3, 0.4) is 0 Å². The quantitative estimate of drug-likeness (QED) is 0.377. The first-order valence-electron chi connectivity index (χ1n) is 13.8. The van der Waals surface area contributed by atoms with Gasteiger partial charge in [0.1, 0.15) is 0 Å². The highest BCUT2D eigenvalue weighted by Gasteiger charge is 2.25. The van der Waals surface area contributed by atoms with Crippen molar-refractivity contribution in [3.8, 4) is 11.1 Å². The lowest BCUT2D eigenvalue weighted by atomic mass is 9.97. The van der Waals surface area contributed by atoms with Gasteiger partial charge in [-0.3, -0.25) is 14.6 Å². The minimum atomic E-state index is -2.75. The van der Waals surface area contributed by atoms with Crippen LogP contribution in [-0.2, 0) is 16.8 Å². The van der Waals surface area contributed by atoms with Gasteiger partial charge in [0.15, 0.2) is 0 Å². The van der Waals surface area contributed by atoms with Crippen molar-refractivity contribution in [3.05, 3.63) is 71.7 Å². The van der Waals surface area contributed by atoms with Crippen molar-refractivity contribution >= 4 is 17.5 Å². The maximum absolute atomic E-state index is 14.2. The van der Waals surface area contributed by atoms with Crippen LogP contribution < -0.4 is 10.2 Å². The molecule has 1 N–H and O–H groups in total. The van der Waals surface area contributed by atoms with Crippen LogP contribution in [0.25, 0.3) is 11.1 Å². The summed E-state index contributed by atoms with van der Waals surface area (Å²) in [5.74, 6) is -0.479. The number of amides is 2. The standard InChI is InChI=1S/C30H37F2N7O3/c1-30(2,3)29-35-27(36-42-29)28(41)34-18-21-9-8-20(17-23(21)26(31)32)22-10-11-33-19-24(22)38-13-15-39(16-14-38)25(40)7-6-12-37(4)5/h6-11,17,19,26H,12-16,18H2,1-5H3,(H,34,41). The molecule has 224 valence electrons. The van der Waals surface area contributed by atoms with Crippen molar-refractivity contribution in [2.75, 3.05) is 51.7 Å². The van der Waals surface area contributed by atoms with Crippen LogP contribution in [0.15, 0.2) is 53.3 Å². The van der Waals surface area contributed by atoms with Crippen molar-refractivity contribution in [3.63, 3.8) is 0 Å². The Bertz CT molecular complexity index is 1420. The molecule has 1 aliphatic heterocycles. The molecule has 0 bridgehead atoms. The van der Waals surface area contributed by atoms with Gasteiger partial charge in [-0.15, -0.1) is 0 Å². The Labute approximate surface area is 244 Å². The van der Waals surface area contributed by atoms with Crippen LogP contribution in [0, 0.1) is 0 Å². The van der Waals surface area contributed by atoms with Crippen molar-refractivity contribution in [1.29, 1.82) is 0 Å². The number of hydrogen-bond acceptors (Lipinski definition) is 8. The van der Waals surface area contributed by atoms with E-state index >= 15 is 0 Å². The molecule has 42 heavy (non-hydrogen) atoms. The fourth-order valence-corrected chi connectivity index (χ4v) is 4.52. The first kappa shape index (κ1) is 30.8. The Morgan fingerprint density at radius 3 is 2.52 bits per heavy atom. The lowest BCUT2D eigenvalue weighted by Crippen LogP contribution is -2.48. The fourth-order valence-electron chi connectivity index (χ4n) is 4.52. The molecule has 3 heterocycles. The van der Waals surface area contributed by atoms with Crippen molar-refractivity contribution in [1.82, 2.24) is 30.2 Å². The number of carbonyl (C=O) groups excluding carboxylic acids is 2. The molecule has 0 spiro atoms. The second kappa shape index (κ2) is 13.2. The van der Waals surface area contributed by atoms with Gasteiger partial charge in [0.25, 0.3) is 18.2 Å². The van der Waals surface area contributed by atoms with E-state index in [1.165, 1.54) is 6.07 Å². The number of aromatic nitrogens is 3. The summed E-state index contributed by atoms with van der Waals surface area (Å²) in [6, 6.07) is 6.60. The first-order chi connectivity index (χ1) is 19.9. The number of alkyl halides is 2. The van der Waals surface area contributed by atoms with Crippen LogP contribution in [-0.4, -0.2) is 83.6 Å². The monoisotopic (exact) mass is 581 g/mol. The SMILES string of the molecule is CN(C)CC=CC(=O)N1CCN(c2cnccc2-c2ccc(CNC(=O)c3noc(C(C)(C)C)n3)c(C(F)F)c2)CC1. The Balaban J connectivity index is 1.47. The fraction of sp³-hybridized carbons (Fsp3) is 0.433. The van der Waals surface area contributed by atoms with Gasteiger partial charge < -0.3 is 24.5 Å². The molecule has 0 aliphatic carbocycles. The van der Waals surface area contributed by atoms with E-state index in [2.05, 4.69) is 25.3 Å². The summed E-state index contributed by atoms with van der Waals surface area (Å²) in [5.41, 5.74) is 1.85. The van der Waals surface area contributed by atoms with Crippen molar-refractivity contribution in [2.45, 2.75) is 39.2 Å². The number of nitrogens with zero attached hydrogens (tertiary/aromatic N) is 6. The van der Waals surface area contributed by atoms with Crippen LogP contribution in [0.1, 0.15) is 54.8 Å². The van der Waals surface area contributed by atoms with Crippen LogP contribution in [0.5, 0.6) is 0 Å². The van der Waals surface area contributed by atoms with Gasteiger partial charge in [0, 0.05) is 68.1 Å². The van der Waals surface area contributed by atoms with E-state index in [0.717, 1.165) is 11.3 Å². The maximum atomic E-state index is 14.2. The predicted octanol–water partition coefficient (Wildman–Crippen LogP) is 4.06. The van der Waals surface area contributed by atoms with E-state index in [1.54, 1.807) is 41.6 Å². The Hall–Kier alpha value is -4.19. The molecule has 1 saturated heterocycles. The van der Waals surface area contributed by atoms with E-state index in [-0.39, 0.29) is 29.4 Å². The van der Waals surface area contributed by atoms with E-state index in [9.17, 15) is 18.4 Å². The molecular formula is C30H37F2N7O3. The number of anilines is 1. The number of pyridine rings is 1. The van der Waals surface area contributed by atoms with Gasteiger partial charge in [-0.1, -0.05) is 44.1 Å².